The highest BCUT2D eigenvalue weighted by atomic mass is 35.5. The molecule has 1 fully saturated rings. The molecule has 1 N–H and O–H groups in total. The third-order valence-electron chi connectivity index (χ3n) is 4.45. The molecule has 0 bridgehead atoms. The topological polar surface area (TPSA) is 64.0 Å². The first-order valence-corrected chi connectivity index (χ1v) is 10.0. The summed E-state index contributed by atoms with van der Waals surface area (Å²) in [6.07, 6.45) is 1.94. The number of halogens is 1. The van der Waals surface area contributed by atoms with E-state index in [0.717, 1.165) is 12.8 Å². The first-order chi connectivity index (χ1) is 13.0. The van der Waals surface area contributed by atoms with Crippen molar-refractivity contribution >= 4 is 45.9 Å². The van der Waals surface area contributed by atoms with Gasteiger partial charge < -0.3 is 5.32 Å². The second kappa shape index (κ2) is 7.37. The average molecular weight is 400 g/mol. The molecule has 4 rings (SSSR count). The number of carbonyl (C=O) groups is 1. The number of hydrogen-bond acceptors (Lipinski definition) is 4. The molecular formula is C20H18ClN3O2S. The summed E-state index contributed by atoms with van der Waals surface area (Å²) in [6.45, 7) is 1.81. The van der Waals surface area contributed by atoms with E-state index in [1.807, 2.05) is 25.1 Å². The highest BCUT2D eigenvalue weighted by Gasteiger charge is 2.30. The lowest BCUT2D eigenvalue weighted by atomic mass is 10.2. The van der Waals surface area contributed by atoms with E-state index in [9.17, 15) is 9.59 Å². The van der Waals surface area contributed by atoms with Crippen molar-refractivity contribution in [3.05, 3.63) is 63.9 Å². The molecule has 0 radical (unpaired) electrons. The second-order valence-corrected chi connectivity index (χ2v) is 8.32. The smallest absolute Gasteiger partial charge is 0.262 e. The van der Waals surface area contributed by atoms with Crippen LogP contribution in [0.25, 0.3) is 10.9 Å². The van der Waals surface area contributed by atoms with Gasteiger partial charge in [0.1, 0.15) is 0 Å². The van der Waals surface area contributed by atoms with Crippen molar-refractivity contribution in [2.24, 2.45) is 0 Å². The molecule has 0 saturated heterocycles. The lowest BCUT2D eigenvalue weighted by molar-refractivity contribution is -0.115. The van der Waals surface area contributed by atoms with Crippen LogP contribution in [0.3, 0.4) is 0 Å². The van der Waals surface area contributed by atoms with Gasteiger partial charge in [-0.3, -0.25) is 14.2 Å². The minimum absolute atomic E-state index is 0.0316. The van der Waals surface area contributed by atoms with E-state index < -0.39 is 5.25 Å². The van der Waals surface area contributed by atoms with Crippen LogP contribution in [0.5, 0.6) is 0 Å². The van der Waals surface area contributed by atoms with Crippen LogP contribution in [0.1, 0.15) is 25.8 Å². The maximum Gasteiger partial charge on any atom is 0.262 e. The van der Waals surface area contributed by atoms with Crippen LogP contribution in [0.15, 0.2) is 58.5 Å². The predicted octanol–water partition coefficient (Wildman–Crippen LogP) is 4.50. The molecule has 5 nitrogen and oxygen atoms in total. The van der Waals surface area contributed by atoms with Crippen molar-refractivity contribution in [3.63, 3.8) is 0 Å². The summed E-state index contributed by atoms with van der Waals surface area (Å²) in [5.74, 6) is -0.146. The molecule has 1 aromatic heterocycles. The Balaban J connectivity index is 1.60. The van der Waals surface area contributed by atoms with E-state index in [4.69, 9.17) is 11.6 Å². The Labute approximate surface area is 165 Å². The zero-order valence-corrected chi connectivity index (χ0v) is 16.3. The molecule has 1 saturated carbocycles. The van der Waals surface area contributed by atoms with Crippen LogP contribution in [0.2, 0.25) is 5.02 Å². The van der Waals surface area contributed by atoms with Crippen molar-refractivity contribution in [2.75, 3.05) is 5.32 Å². The van der Waals surface area contributed by atoms with E-state index in [1.165, 1.54) is 11.8 Å². The first-order valence-electron chi connectivity index (χ1n) is 8.77. The Morgan fingerprint density at radius 3 is 2.63 bits per heavy atom. The molecule has 27 heavy (non-hydrogen) atoms. The number of thioether (sulfide) groups is 1. The van der Waals surface area contributed by atoms with E-state index in [2.05, 4.69) is 10.3 Å². The molecule has 1 heterocycles. The van der Waals surface area contributed by atoms with Crippen molar-refractivity contribution in [2.45, 2.75) is 36.2 Å². The molecule has 3 aromatic rings. The summed E-state index contributed by atoms with van der Waals surface area (Å²) in [5.41, 5.74) is 1.31. The maximum atomic E-state index is 12.9. The number of nitrogens with one attached hydrogen (secondary N) is 1. The fourth-order valence-electron chi connectivity index (χ4n) is 2.85. The minimum atomic E-state index is -0.404. The van der Waals surface area contributed by atoms with Gasteiger partial charge in [-0.2, -0.15) is 0 Å². The fraction of sp³-hybridized carbons (Fsp3) is 0.250. The summed E-state index contributed by atoms with van der Waals surface area (Å²) >= 11 is 7.19. The quantitative estimate of drug-likeness (QED) is 0.506. The van der Waals surface area contributed by atoms with E-state index in [0.29, 0.717) is 26.8 Å². The largest absolute Gasteiger partial charge is 0.325 e. The van der Waals surface area contributed by atoms with Crippen molar-refractivity contribution in [1.82, 2.24) is 9.55 Å². The fourth-order valence-corrected chi connectivity index (χ4v) is 3.96. The first kappa shape index (κ1) is 18.1. The number of anilines is 1. The molecule has 2 aromatic carbocycles. The van der Waals surface area contributed by atoms with Gasteiger partial charge in [0.2, 0.25) is 5.91 Å². The standard InChI is InChI=1S/C20H18ClN3O2S/c1-12(18(25)22-14-8-6-13(21)7-9-14)27-20-23-17-5-3-2-4-16(17)19(26)24(20)15-10-11-15/h2-9,12,15H,10-11H2,1H3,(H,22,25)/t12-/m1/s1. The maximum absolute atomic E-state index is 12.9. The number of fused-ring (bicyclic) bond motifs is 1. The van der Waals surface area contributed by atoms with Gasteiger partial charge in [0.05, 0.1) is 16.2 Å². The number of carbonyl (C=O) groups excluding carboxylic acids is 1. The Kier molecular flexibility index (Phi) is 4.93. The molecule has 1 aliphatic rings. The summed E-state index contributed by atoms with van der Waals surface area (Å²) < 4.78 is 1.75. The Bertz CT molecular complexity index is 1060. The highest BCUT2D eigenvalue weighted by molar-refractivity contribution is 8.00. The summed E-state index contributed by atoms with van der Waals surface area (Å²) in [4.78, 5) is 30.1. The van der Waals surface area contributed by atoms with Crippen LogP contribution in [-0.4, -0.2) is 20.7 Å². The van der Waals surface area contributed by atoms with Gasteiger partial charge in [0.15, 0.2) is 5.16 Å². The molecule has 1 aliphatic carbocycles. The SMILES string of the molecule is C[C@@H](Sc1nc2ccccc2c(=O)n1C1CC1)C(=O)Nc1ccc(Cl)cc1. The van der Waals surface area contributed by atoms with Gasteiger partial charge in [-0.25, -0.2) is 4.98 Å². The molecule has 1 atom stereocenters. The molecule has 0 unspecified atom stereocenters. The lowest BCUT2D eigenvalue weighted by Crippen LogP contribution is -2.26. The molecule has 1 amide bonds. The van der Waals surface area contributed by atoms with Gasteiger partial charge in [-0.1, -0.05) is 35.5 Å². The number of benzene rings is 2. The van der Waals surface area contributed by atoms with E-state index >= 15 is 0 Å². The Hall–Kier alpha value is -2.31. The lowest BCUT2D eigenvalue weighted by Gasteiger charge is -2.16. The van der Waals surface area contributed by atoms with Crippen LogP contribution < -0.4 is 10.9 Å². The number of amides is 1. The van der Waals surface area contributed by atoms with Crippen molar-refractivity contribution < 1.29 is 4.79 Å². The zero-order chi connectivity index (χ0) is 19.0. The number of para-hydroxylation sites is 1. The molecule has 0 spiro atoms. The number of nitrogens with zero attached hydrogens (tertiary/aromatic N) is 2. The summed E-state index contributed by atoms with van der Waals surface area (Å²) in [7, 11) is 0. The van der Waals surface area contributed by atoms with E-state index in [-0.39, 0.29) is 17.5 Å². The third kappa shape index (κ3) is 3.87. The van der Waals surface area contributed by atoms with Crippen molar-refractivity contribution in [1.29, 1.82) is 0 Å². The van der Waals surface area contributed by atoms with Crippen LogP contribution in [-0.2, 0) is 4.79 Å². The second-order valence-electron chi connectivity index (χ2n) is 6.57. The third-order valence-corrected chi connectivity index (χ3v) is 5.77. The molecule has 0 aliphatic heterocycles. The number of rotatable bonds is 5. The highest BCUT2D eigenvalue weighted by Crippen LogP contribution is 2.37. The van der Waals surface area contributed by atoms with Gasteiger partial charge in [-0.15, -0.1) is 0 Å². The Morgan fingerprint density at radius 2 is 1.93 bits per heavy atom. The van der Waals surface area contributed by atoms with Crippen LogP contribution in [0.4, 0.5) is 5.69 Å². The summed E-state index contributed by atoms with van der Waals surface area (Å²) in [5, 5.41) is 4.30. The normalized spacial score (nSPS) is 14.9. The van der Waals surface area contributed by atoms with Crippen LogP contribution >= 0.6 is 23.4 Å². The number of aromatic nitrogens is 2. The molecule has 7 heteroatoms. The van der Waals surface area contributed by atoms with Gasteiger partial charge in [0, 0.05) is 16.8 Å². The predicted molar refractivity (Wildman–Crippen MR) is 110 cm³/mol. The summed E-state index contributed by atoms with van der Waals surface area (Å²) in [6, 6.07) is 14.5. The Morgan fingerprint density at radius 1 is 1.22 bits per heavy atom. The molecular weight excluding hydrogens is 382 g/mol. The van der Waals surface area contributed by atoms with Gasteiger partial charge >= 0.3 is 0 Å². The van der Waals surface area contributed by atoms with Gasteiger partial charge in [-0.05, 0) is 56.2 Å². The average Bonchev–Trinajstić information content (AvgIpc) is 3.48. The molecule has 138 valence electrons. The van der Waals surface area contributed by atoms with Crippen molar-refractivity contribution in [3.8, 4) is 0 Å². The minimum Gasteiger partial charge on any atom is -0.325 e. The van der Waals surface area contributed by atoms with Gasteiger partial charge in [0.25, 0.3) is 5.56 Å². The zero-order valence-electron chi connectivity index (χ0n) is 14.7. The van der Waals surface area contributed by atoms with Crippen LogP contribution in [0, 0.1) is 0 Å². The van der Waals surface area contributed by atoms with E-state index in [1.54, 1.807) is 34.9 Å². The number of hydrogen-bond donors (Lipinski definition) is 1. The monoisotopic (exact) mass is 399 g/mol.